The molecule has 0 saturated heterocycles. The van der Waals surface area contributed by atoms with Crippen LogP contribution < -0.4 is 9.80 Å². The van der Waals surface area contributed by atoms with Gasteiger partial charge in [-0.25, -0.2) is 9.80 Å². The monoisotopic (exact) mass is 436 g/mol. The van der Waals surface area contributed by atoms with Crippen LogP contribution >= 0.6 is 21.6 Å². The van der Waals surface area contributed by atoms with Gasteiger partial charge in [0.15, 0.2) is 0 Å². The maximum Gasteiger partial charge on any atom is 0.261 e. The molecule has 0 spiro atoms. The number of nitrogens with zero attached hydrogens (tertiary/aromatic N) is 2. The highest BCUT2D eigenvalue weighted by atomic mass is 33.1. The lowest BCUT2D eigenvalue weighted by atomic mass is 10.3. The van der Waals surface area contributed by atoms with Crippen LogP contribution in [0.1, 0.15) is 13.8 Å². The minimum atomic E-state index is -0.370. The molecule has 2 aromatic carbocycles. The molecule has 2 aliphatic rings. The lowest BCUT2D eigenvalue weighted by Crippen LogP contribution is -2.31. The smallest absolute Gasteiger partial charge is 0.261 e. The first kappa shape index (κ1) is 20.2. The molecule has 0 aromatic heterocycles. The zero-order valence-corrected chi connectivity index (χ0v) is 17.8. The molecule has 0 fully saturated rings. The van der Waals surface area contributed by atoms with E-state index in [-0.39, 0.29) is 23.6 Å². The highest BCUT2D eigenvalue weighted by Gasteiger charge is 2.33. The summed E-state index contributed by atoms with van der Waals surface area (Å²) in [6, 6.07) is 14.3. The van der Waals surface area contributed by atoms with Crippen LogP contribution in [0.15, 0.2) is 81.6 Å². The van der Waals surface area contributed by atoms with Gasteiger partial charge in [-0.05, 0) is 38.1 Å². The Kier molecular flexibility index (Phi) is 5.36. The maximum absolute atomic E-state index is 12.4. The van der Waals surface area contributed by atoms with Crippen molar-refractivity contribution in [2.24, 2.45) is 0 Å². The summed E-state index contributed by atoms with van der Waals surface area (Å²) >= 11 is 0. The second-order valence-electron chi connectivity index (χ2n) is 6.71. The van der Waals surface area contributed by atoms with Crippen molar-refractivity contribution in [2.45, 2.75) is 23.6 Å². The highest BCUT2D eigenvalue weighted by molar-refractivity contribution is 8.76. The summed E-state index contributed by atoms with van der Waals surface area (Å²) < 4.78 is 0. The van der Waals surface area contributed by atoms with Crippen molar-refractivity contribution in [1.29, 1.82) is 0 Å². The Bertz CT molecular complexity index is 1080. The Morgan fingerprint density at radius 2 is 0.967 bits per heavy atom. The third-order valence-corrected chi connectivity index (χ3v) is 7.10. The van der Waals surface area contributed by atoms with Crippen molar-refractivity contribution in [2.75, 3.05) is 9.80 Å². The topological polar surface area (TPSA) is 74.8 Å². The van der Waals surface area contributed by atoms with Crippen LogP contribution in [0, 0.1) is 0 Å². The van der Waals surface area contributed by atoms with Gasteiger partial charge in [-0.15, -0.1) is 0 Å². The number of hydrogen-bond donors (Lipinski definition) is 0. The lowest BCUT2D eigenvalue weighted by molar-refractivity contribution is -0.121. The Hall–Kier alpha value is -3.10. The van der Waals surface area contributed by atoms with Gasteiger partial charge in [-0.2, -0.15) is 0 Å². The molecule has 150 valence electrons. The van der Waals surface area contributed by atoms with Crippen molar-refractivity contribution in [3.05, 3.63) is 71.8 Å². The molecular formula is C22H16N2O4S2. The quantitative estimate of drug-likeness (QED) is 0.518. The Morgan fingerprint density at radius 3 is 1.30 bits per heavy atom. The molecule has 0 aliphatic carbocycles. The summed E-state index contributed by atoms with van der Waals surface area (Å²) in [6.07, 6.45) is 2.65. The summed E-state index contributed by atoms with van der Waals surface area (Å²) in [7, 11) is 2.70. The van der Waals surface area contributed by atoms with E-state index in [1.165, 1.54) is 33.7 Å². The second kappa shape index (κ2) is 7.97. The molecule has 4 amide bonds. The number of anilines is 2. The zero-order chi connectivity index (χ0) is 21.4. The van der Waals surface area contributed by atoms with Crippen LogP contribution in [0.5, 0.6) is 0 Å². The van der Waals surface area contributed by atoms with Crippen molar-refractivity contribution >= 4 is 56.6 Å². The van der Waals surface area contributed by atoms with Crippen molar-refractivity contribution in [3.63, 3.8) is 0 Å². The van der Waals surface area contributed by atoms with Gasteiger partial charge in [0, 0.05) is 33.1 Å². The van der Waals surface area contributed by atoms with E-state index >= 15 is 0 Å². The first-order chi connectivity index (χ1) is 14.4. The SMILES string of the molecule is CC1=CC(=O)N(c2ccccc2SSc2ccccc2N2C(=O)C=C(C)C2=O)C1=O. The fourth-order valence-corrected chi connectivity index (χ4v) is 5.47. The van der Waals surface area contributed by atoms with Crippen LogP contribution in [0.3, 0.4) is 0 Å². The fourth-order valence-electron chi connectivity index (χ4n) is 3.15. The van der Waals surface area contributed by atoms with Gasteiger partial charge >= 0.3 is 0 Å². The second-order valence-corrected chi connectivity index (χ2v) is 8.93. The molecular weight excluding hydrogens is 420 g/mol. The van der Waals surface area contributed by atoms with Gasteiger partial charge < -0.3 is 0 Å². The molecule has 2 heterocycles. The van der Waals surface area contributed by atoms with Gasteiger partial charge in [0.2, 0.25) is 0 Å². The predicted octanol–water partition coefficient (Wildman–Crippen LogP) is 4.13. The van der Waals surface area contributed by atoms with E-state index in [1.54, 1.807) is 38.1 Å². The molecule has 2 aromatic rings. The first-order valence-electron chi connectivity index (χ1n) is 9.04. The number of imide groups is 2. The summed E-state index contributed by atoms with van der Waals surface area (Å²) in [4.78, 5) is 53.1. The van der Waals surface area contributed by atoms with Gasteiger partial charge in [-0.3, -0.25) is 19.2 Å². The van der Waals surface area contributed by atoms with Gasteiger partial charge in [0.05, 0.1) is 11.4 Å². The molecule has 8 heteroatoms. The summed E-state index contributed by atoms with van der Waals surface area (Å²) in [5.74, 6) is -1.42. The number of carbonyl (C=O) groups is 4. The third-order valence-electron chi connectivity index (χ3n) is 4.64. The van der Waals surface area contributed by atoms with Gasteiger partial charge in [0.25, 0.3) is 23.6 Å². The molecule has 0 unspecified atom stereocenters. The van der Waals surface area contributed by atoms with Gasteiger partial charge in [0.1, 0.15) is 0 Å². The first-order valence-corrected chi connectivity index (χ1v) is 11.2. The number of hydrogen-bond acceptors (Lipinski definition) is 6. The number of benzene rings is 2. The van der Waals surface area contributed by atoms with Crippen LogP contribution in [-0.2, 0) is 19.2 Å². The largest absolute Gasteiger partial charge is 0.269 e. The van der Waals surface area contributed by atoms with Crippen LogP contribution in [0.25, 0.3) is 0 Å². The number of carbonyl (C=O) groups excluding carboxylic acids is 4. The molecule has 30 heavy (non-hydrogen) atoms. The zero-order valence-electron chi connectivity index (χ0n) is 16.1. The minimum Gasteiger partial charge on any atom is -0.269 e. The minimum absolute atomic E-state index is 0.340. The number of rotatable bonds is 5. The number of amides is 4. The van der Waals surface area contributed by atoms with Crippen LogP contribution in [-0.4, -0.2) is 23.6 Å². The van der Waals surface area contributed by atoms with E-state index in [0.717, 1.165) is 19.6 Å². The van der Waals surface area contributed by atoms with E-state index in [4.69, 9.17) is 0 Å². The molecule has 0 bridgehead atoms. The predicted molar refractivity (Wildman–Crippen MR) is 117 cm³/mol. The van der Waals surface area contributed by atoms with E-state index in [1.807, 2.05) is 24.3 Å². The molecule has 4 rings (SSSR count). The molecule has 6 nitrogen and oxygen atoms in total. The average Bonchev–Trinajstić information content (AvgIpc) is 3.13. The van der Waals surface area contributed by atoms with Crippen molar-refractivity contribution in [3.8, 4) is 0 Å². The Balaban J connectivity index is 1.61. The van der Waals surface area contributed by atoms with Crippen LogP contribution in [0.4, 0.5) is 11.4 Å². The van der Waals surface area contributed by atoms with Crippen molar-refractivity contribution < 1.29 is 19.2 Å². The highest BCUT2D eigenvalue weighted by Crippen LogP contribution is 2.46. The summed E-state index contributed by atoms with van der Waals surface area (Å²) in [5.41, 5.74) is 1.79. The normalized spacial score (nSPS) is 16.5. The molecule has 0 radical (unpaired) electrons. The fraction of sp³-hybridized carbons (Fsp3) is 0.0909. The van der Waals surface area contributed by atoms with E-state index in [0.29, 0.717) is 22.5 Å². The Morgan fingerprint density at radius 1 is 0.600 bits per heavy atom. The van der Waals surface area contributed by atoms with E-state index in [9.17, 15) is 19.2 Å². The Labute approximate surface area is 181 Å². The average molecular weight is 437 g/mol. The number of para-hydroxylation sites is 2. The van der Waals surface area contributed by atoms with E-state index < -0.39 is 0 Å². The molecule has 2 aliphatic heterocycles. The molecule has 0 atom stereocenters. The summed E-state index contributed by atoms with van der Waals surface area (Å²) in [5, 5.41) is 0. The van der Waals surface area contributed by atoms with Crippen molar-refractivity contribution in [1.82, 2.24) is 0 Å². The maximum atomic E-state index is 12.4. The molecule has 0 saturated carbocycles. The van der Waals surface area contributed by atoms with E-state index in [2.05, 4.69) is 0 Å². The van der Waals surface area contributed by atoms with Crippen LogP contribution in [0.2, 0.25) is 0 Å². The summed E-state index contributed by atoms with van der Waals surface area (Å²) in [6.45, 7) is 3.22. The standard InChI is InChI=1S/C22H16N2O4S2/c1-13-11-19(25)23(21(13)27)15-7-3-5-9-17(15)29-30-18-10-6-4-8-16(18)24-20(26)12-14(2)22(24)28/h3-12H,1-2H3. The van der Waals surface area contributed by atoms with Gasteiger partial charge in [-0.1, -0.05) is 45.9 Å². The molecule has 0 N–H and O–H groups in total. The lowest BCUT2D eigenvalue weighted by Gasteiger charge is -2.20. The third kappa shape index (κ3) is 3.48.